The van der Waals surface area contributed by atoms with Crippen molar-refractivity contribution >= 4 is 11.0 Å². The van der Waals surface area contributed by atoms with Gasteiger partial charge in [-0.15, -0.1) is 0 Å². The van der Waals surface area contributed by atoms with E-state index in [1.165, 1.54) is 5.56 Å². The van der Waals surface area contributed by atoms with Gasteiger partial charge in [0.25, 0.3) is 0 Å². The first-order chi connectivity index (χ1) is 8.19. The molecule has 2 unspecified atom stereocenters. The highest BCUT2D eigenvalue weighted by Gasteiger charge is 2.36. The lowest BCUT2D eigenvalue weighted by Crippen LogP contribution is -2.39. The standard InChI is InChI=1S/C14H23NO2S/c1-13(2,3)18(16)15-11-9-14(4,5)8-10-6-7-17-12(10)11/h6-7,11,15H,8-9H2,1-5H3. The average molecular weight is 269 g/mol. The van der Waals surface area contributed by atoms with Crippen molar-refractivity contribution in [2.45, 2.75) is 58.2 Å². The lowest BCUT2D eigenvalue weighted by Gasteiger charge is -2.35. The maximum absolute atomic E-state index is 12.2. The predicted octanol–water partition coefficient (Wildman–Crippen LogP) is 3.34. The largest absolute Gasteiger partial charge is 0.467 e. The molecule has 3 nitrogen and oxygen atoms in total. The molecule has 0 aliphatic heterocycles. The van der Waals surface area contributed by atoms with Crippen molar-refractivity contribution < 1.29 is 8.63 Å². The Labute approximate surface area is 112 Å². The van der Waals surface area contributed by atoms with Gasteiger partial charge >= 0.3 is 0 Å². The van der Waals surface area contributed by atoms with Crippen LogP contribution in [-0.2, 0) is 17.4 Å². The van der Waals surface area contributed by atoms with Gasteiger partial charge in [-0.05, 0) is 50.7 Å². The second-order valence-corrected chi connectivity index (χ2v) is 8.90. The SMILES string of the molecule is CC1(C)Cc2ccoc2C(NS(=O)C(C)(C)C)C1. The molecule has 0 amide bonds. The first-order valence-corrected chi connectivity index (χ1v) is 7.58. The molecule has 18 heavy (non-hydrogen) atoms. The van der Waals surface area contributed by atoms with Gasteiger partial charge in [0.15, 0.2) is 0 Å². The van der Waals surface area contributed by atoms with E-state index in [4.69, 9.17) is 4.42 Å². The minimum atomic E-state index is -1.07. The van der Waals surface area contributed by atoms with Crippen LogP contribution in [0.5, 0.6) is 0 Å². The van der Waals surface area contributed by atoms with Gasteiger partial charge in [0.1, 0.15) is 5.76 Å². The molecule has 1 heterocycles. The molecule has 0 bridgehead atoms. The van der Waals surface area contributed by atoms with Gasteiger partial charge in [-0.2, -0.15) is 0 Å². The van der Waals surface area contributed by atoms with Crippen LogP contribution in [-0.4, -0.2) is 8.96 Å². The number of nitrogens with one attached hydrogen (secondary N) is 1. The van der Waals surface area contributed by atoms with Gasteiger partial charge in [0.05, 0.1) is 28.0 Å². The van der Waals surface area contributed by atoms with E-state index in [1.807, 2.05) is 26.8 Å². The predicted molar refractivity (Wildman–Crippen MR) is 74.6 cm³/mol. The Hall–Kier alpha value is -0.610. The summed E-state index contributed by atoms with van der Waals surface area (Å²) in [5.41, 5.74) is 1.46. The maximum Gasteiger partial charge on any atom is 0.124 e. The van der Waals surface area contributed by atoms with Crippen LogP contribution in [0.2, 0.25) is 0 Å². The van der Waals surface area contributed by atoms with Crippen molar-refractivity contribution in [3.05, 3.63) is 23.7 Å². The van der Waals surface area contributed by atoms with E-state index in [0.29, 0.717) is 0 Å². The fraction of sp³-hybridized carbons (Fsp3) is 0.714. The highest BCUT2D eigenvalue weighted by Crippen LogP contribution is 2.41. The van der Waals surface area contributed by atoms with Gasteiger partial charge in [-0.25, -0.2) is 8.93 Å². The molecule has 4 heteroatoms. The number of hydrogen-bond donors (Lipinski definition) is 1. The Morgan fingerprint density at radius 2 is 2.11 bits per heavy atom. The molecule has 0 radical (unpaired) electrons. The smallest absolute Gasteiger partial charge is 0.124 e. The van der Waals surface area contributed by atoms with Gasteiger partial charge in [-0.3, -0.25) is 0 Å². The summed E-state index contributed by atoms with van der Waals surface area (Å²) in [6.45, 7) is 10.4. The minimum Gasteiger partial charge on any atom is -0.467 e. The first-order valence-electron chi connectivity index (χ1n) is 6.43. The Balaban J connectivity index is 2.22. The van der Waals surface area contributed by atoms with E-state index in [1.54, 1.807) is 6.26 Å². The van der Waals surface area contributed by atoms with Crippen LogP contribution in [0.25, 0.3) is 0 Å². The van der Waals surface area contributed by atoms with Crippen LogP contribution in [0.15, 0.2) is 16.7 Å². The molecule has 1 aliphatic carbocycles. The first kappa shape index (κ1) is 13.8. The average Bonchev–Trinajstić information content (AvgIpc) is 2.61. The molecule has 1 aromatic heterocycles. The molecular weight excluding hydrogens is 246 g/mol. The van der Waals surface area contributed by atoms with Gasteiger partial charge < -0.3 is 4.42 Å². The minimum absolute atomic E-state index is 0.0545. The summed E-state index contributed by atoms with van der Waals surface area (Å²) in [7, 11) is -1.07. The van der Waals surface area contributed by atoms with Crippen molar-refractivity contribution in [1.82, 2.24) is 4.72 Å². The summed E-state index contributed by atoms with van der Waals surface area (Å²) in [6, 6.07) is 2.09. The van der Waals surface area contributed by atoms with Crippen LogP contribution in [0.3, 0.4) is 0 Å². The normalized spacial score (nSPS) is 24.6. The summed E-state index contributed by atoms with van der Waals surface area (Å²) in [6.07, 6.45) is 3.72. The highest BCUT2D eigenvalue weighted by molar-refractivity contribution is 7.84. The highest BCUT2D eigenvalue weighted by atomic mass is 32.2. The van der Waals surface area contributed by atoms with Crippen LogP contribution >= 0.6 is 0 Å². The number of furan rings is 1. The fourth-order valence-corrected chi connectivity index (χ4v) is 3.24. The zero-order chi connectivity index (χ0) is 13.6. The van der Waals surface area contributed by atoms with E-state index in [2.05, 4.69) is 18.6 Å². The van der Waals surface area contributed by atoms with E-state index >= 15 is 0 Å². The van der Waals surface area contributed by atoms with E-state index < -0.39 is 11.0 Å². The molecule has 2 rings (SSSR count). The Morgan fingerprint density at radius 1 is 1.44 bits per heavy atom. The molecule has 0 spiro atoms. The van der Waals surface area contributed by atoms with Crippen molar-refractivity contribution in [3.63, 3.8) is 0 Å². The third kappa shape index (κ3) is 2.86. The zero-order valence-corrected chi connectivity index (χ0v) is 12.7. The number of fused-ring (bicyclic) bond motifs is 1. The van der Waals surface area contributed by atoms with Crippen molar-refractivity contribution in [3.8, 4) is 0 Å². The summed E-state index contributed by atoms with van der Waals surface area (Å²) in [5.74, 6) is 0.965. The van der Waals surface area contributed by atoms with E-state index in [-0.39, 0.29) is 16.2 Å². The van der Waals surface area contributed by atoms with Crippen molar-refractivity contribution in [2.75, 3.05) is 0 Å². The number of rotatable bonds is 2. The molecule has 102 valence electrons. The zero-order valence-electron chi connectivity index (χ0n) is 11.9. The third-order valence-electron chi connectivity index (χ3n) is 3.33. The van der Waals surface area contributed by atoms with Crippen molar-refractivity contribution in [1.29, 1.82) is 0 Å². The second-order valence-electron chi connectivity index (χ2n) is 6.91. The van der Waals surface area contributed by atoms with E-state index in [9.17, 15) is 4.21 Å². The molecular formula is C14H23NO2S. The Bertz CT molecular complexity index is 457. The number of hydrogen-bond acceptors (Lipinski definition) is 2. The summed E-state index contributed by atoms with van der Waals surface area (Å²) >= 11 is 0. The van der Waals surface area contributed by atoms with Gasteiger partial charge in [0.2, 0.25) is 0 Å². The fourth-order valence-electron chi connectivity index (χ4n) is 2.43. The molecule has 1 aromatic rings. The lowest BCUT2D eigenvalue weighted by molar-refractivity contribution is 0.249. The van der Waals surface area contributed by atoms with Crippen LogP contribution in [0, 0.1) is 5.41 Å². The topological polar surface area (TPSA) is 42.2 Å². The van der Waals surface area contributed by atoms with Crippen LogP contribution in [0.1, 0.15) is 58.4 Å². The quantitative estimate of drug-likeness (QED) is 0.894. The molecule has 0 fully saturated rings. The van der Waals surface area contributed by atoms with Gasteiger partial charge in [0, 0.05) is 0 Å². The second kappa shape index (κ2) is 4.49. The van der Waals surface area contributed by atoms with Crippen LogP contribution < -0.4 is 4.72 Å². The van der Waals surface area contributed by atoms with Crippen molar-refractivity contribution in [2.24, 2.45) is 5.41 Å². The van der Waals surface area contributed by atoms with E-state index in [0.717, 1.165) is 18.6 Å². The molecule has 1 aliphatic rings. The molecule has 1 N–H and O–H groups in total. The Morgan fingerprint density at radius 3 is 2.72 bits per heavy atom. The molecule has 0 aromatic carbocycles. The molecule has 0 saturated heterocycles. The summed E-state index contributed by atoms with van der Waals surface area (Å²) < 4.78 is 20.8. The van der Waals surface area contributed by atoms with Gasteiger partial charge in [-0.1, -0.05) is 13.8 Å². The Kier molecular flexibility index (Phi) is 3.45. The summed E-state index contributed by atoms with van der Waals surface area (Å²) in [5, 5.41) is 0. The summed E-state index contributed by atoms with van der Waals surface area (Å²) in [4.78, 5) is 0. The molecule has 2 atom stereocenters. The monoisotopic (exact) mass is 269 g/mol. The lowest BCUT2D eigenvalue weighted by atomic mass is 9.75. The third-order valence-corrected chi connectivity index (χ3v) is 4.94. The van der Waals surface area contributed by atoms with Crippen LogP contribution in [0.4, 0.5) is 0 Å². The maximum atomic E-state index is 12.2. The molecule has 0 saturated carbocycles.